The van der Waals surface area contributed by atoms with Crippen molar-refractivity contribution in [2.45, 2.75) is 0 Å². The summed E-state index contributed by atoms with van der Waals surface area (Å²) in [6.45, 7) is 2.47. The van der Waals surface area contributed by atoms with Gasteiger partial charge in [0.1, 0.15) is 18.0 Å². The first-order chi connectivity index (χ1) is 8.13. The van der Waals surface area contributed by atoms with E-state index in [1.807, 2.05) is 32.1 Å². The number of aliphatic hydroxyl groups excluding tert-OH is 1. The van der Waals surface area contributed by atoms with Gasteiger partial charge in [-0.15, -0.1) is 0 Å². The van der Waals surface area contributed by atoms with Crippen LogP contribution < -0.4 is 10.2 Å². The van der Waals surface area contributed by atoms with E-state index in [-0.39, 0.29) is 6.61 Å². The number of anilines is 2. The summed E-state index contributed by atoms with van der Waals surface area (Å²) in [4.78, 5) is 12.3. The summed E-state index contributed by atoms with van der Waals surface area (Å²) in [6.07, 6.45) is 1.53. The van der Waals surface area contributed by atoms with Crippen LogP contribution in [0.5, 0.6) is 0 Å². The molecular formula is C11H21N5O. The molecule has 0 aliphatic carbocycles. The quantitative estimate of drug-likeness (QED) is 0.691. The van der Waals surface area contributed by atoms with Crippen molar-refractivity contribution in [3.63, 3.8) is 0 Å². The second-order valence-electron chi connectivity index (χ2n) is 4.14. The van der Waals surface area contributed by atoms with Crippen LogP contribution in [0.25, 0.3) is 0 Å². The Hall–Kier alpha value is -1.40. The molecule has 96 valence electrons. The molecule has 0 radical (unpaired) electrons. The largest absolute Gasteiger partial charge is 0.395 e. The van der Waals surface area contributed by atoms with Crippen LogP contribution in [0.15, 0.2) is 12.4 Å². The van der Waals surface area contributed by atoms with E-state index in [4.69, 9.17) is 5.11 Å². The molecule has 0 aliphatic heterocycles. The second-order valence-corrected chi connectivity index (χ2v) is 4.14. The molecule has 0 unspecified atom stereocenters. The zero-order chi connectivity index (χ0) is 12.7. The van der Waals surface area contributed by atoms with Gasteiger partial charge in [0.05, 0.1) is 6.61 Å². The fourth-order valence-corrected chi connectivity index (χ4v) is 1.32. The topological polar surface area (TPSA) is 64.5 Å². The Morgan fingerprint density at radius 2 is 2.00 bits per heavy atom. The maximum absolute atomic E-state index is 8.86. The van der Waals surface area contributed by atoms with Gasteiger partial charge >= 0.3 is 0 Å². The first-order valence-electron chi connectivity index (χ1n) is 5.66. The van der Waals surface area contributed by atoms with E-state index >= 15 is 0 Å². The molecule has 0 saturated heterocycles. The van der Waals surface area contributed by atoms with Crippen LogP contribution in [0.4, 0.5) is 11.6 Å². The van der Waals surface area contributed by atoms with Gasteiger partial charge in [0, 0.05) is 32.7 Å². The normalized spacial score (nSPS) is 10.6. The molecule has 1 heterocycles. The lowest BCUT2D eigenvalue weighted by molar-refractivity contribution is 0.304. The van der Waals surface area contributed by atoms with E-state index in [2.05, 4.69) is 20.2 Å². The molecule has 1 rings (SSSR count). The van der Waals surface area contributed by atoms with Crippen molar-refractivity contribution in [2.75, 3.05) is 57.6 Å². The number of hydrogen-bond acceptors (Lipinski definition) is 6. The molecule has 0 fully saturated rings. The van der Waals surface area contributed by atoms with Crippen LogP contribution in [0.1, 0.15) is 0 Å². The summed E-state index contributed by atoms with van der Waals surface area (Å²) < 4.78 is 0. The van der Waals surface area contributed by atoms with Gasteiger partial charge in [-0.3, -0.25) is 0 Å². The predicted molar refractivity (Wildman–Crippen MR) is 69.4 cm³/mol. The first kappa shape index (κ1) is 13.7. The Kier molecular flexibility index (Phi) is 5.65. The molecule has 0 amide bonds. The van der Waals surface area contributed by atoms with Crippen molar-refractivity contribution < 1.29 is 5.11 Å². The number of hydrogen-bond donors (Lipinski definition) is 2. The van der Waals surface area contributed by atoms with Gasteiger partial charge in [-0.25, -0.2) is 9.97 Å². The van der Waals surface area contributed by atoms with Crippen LogP contribution in [-0.4, -0.2) is 67.4 Å². The third kappa shape index (κ3) is 4.97. The van der Waals surface area contributed by atoms with Gasteiger partial charge in [-0.1, -0.05) is 0 Å². The number of aromatic nitrogens is 2. The van der Waals surface area contributed by atoms with Gasteiger partial charge in [-0.2, -0.15) is 0 Å². The maximum Gasteiger partial charge on any atom is 0.133 e. The van der Waals surface area contributed by atoms with Gasteiger partial charge in [-0.05, 0) is 14.1 Å². The predicted octanol–water partition coefficient (Wildman–Crippen LogP) is -0.121. The van der Waals surface area contributed by atoms with Crippen LogP contribution in [-0.2, 0) is 0 Å². The van der Waals surface area contributed by atoms with E-state index < -0.39 is 0 Å². The summed E-state index contributed by atoms with van der Waals surface area (Å²) in [7, 11) is 5.95. The Morgan fingerprint density at radius 3 is 2.65 bits per heavy atom. The Morgan fingerprint density at radius 1 is 1.24 bits per heavy atom. The van der Waals surface area contributed by atoms with Crippen LogP contribution in [0.2, 0.25) is 0 Å². The number of nitrogens with one attached hydrogen (secondary N) is 1. The van der Waals surface area contributed by atoms with E-state index in [0.717, 1.165) is 24.7 Å². The highest BCUT2D eigenvalue weighted by molar-refractivity contribution is 5.47. The molecule has 17 heavy (non-hydrogen) atoms. The lowest BCUT2D eigenvalue weighted by Crippen LogP contribution is -2.23. The van der Waals surface area contributed by atoms with Crippen molar-refractivity contribution in [3.8, 4) is 0 Å². The summed E-state index contributed by atoms with van der Waals surface area (Å²) in [6, 6.07) is 1.88. The average Bonchev–Trinajstić information content (AvgIpc) is 2.29. The molecule has 0 bridgehead atoms. The Labute approximate surface area is 102 Å². The second kappa shape index (κ2) is 7.03. The molecule has 0 aliphatic rings. The maximum atomic E-state index is 8.86. The van der Waals surface area contributed by atoms with Gasteiger partial charge in [0.25, 0.3) is 0 Å². The highest BCUT2D eigenvalue weighted by Gasteiger charge is 2.03. The molecule has 2 N–H and O–H groups in total. The smallest absolute Gasteiger partial charge is 0.133 e. The van der Waals surface area contributed by atoms with E-state index in [9.17, 15) is 0 Å². The highest BCUT2D eigenvalue weighted by Crippen LogP contribution is 2.11. The number of rotatable bonds is 7. The zero-order valence-corrected chi connectivity index (χ0v) is 10.7. The van der Waals surface area contributed by atoms with Crippen molar-refractivity contribution in [3.05, 3.63) is 12.4 Å². The molecule has 6 heteroatoms. The van der Waals surface area contributed by atoms with Crippen molar-refractivity contribution in [1.29, 1.82) is 0 Å². The van der Waals surface area contributed by atoms with E-state index in [1.54, 1.807) is 0 Å². The first-order valence-corrected chi connectivity index (χ1v) is 5.66. The summed E-state index contributed by atoms with van der Waals surface area (Å²) >= 11 is 0. The fraction of sp³-hybridized carbons (Fsp3) is 0.636. The van der Waals surface area contributed by atoms with Gasteiger partial charge in [0.15, 0.2) is 0 Å². The number of likely N-dealkylation sites (N-methyl/N-ethyl adjacent to an activating group) is 2. The minimum Gasteiger partial charge on any atom is -0.395 e. The van der Waals surface area contributed by atoms with Crippen LogP contribution in [0.3, 0.4) is 0 Å². The molecule has 0 spiro atoms. The fourth-order valence-electron chi connectivity index (χ4n) is 1.32. The number of aliphatic hydroxyl groups is 1. The number of nitrogens with zero attached hydrogens (tertiary/aromatic N) is 4. The lowest BCUT2D eigenvalue weighted by atomic mass is 10.4. The van der Waals surface area contributed by atoms with Crippen LogP contribution in [0, 0.1) is 0 Å². The lowest BCUT2D eigenvalue weighted by Gasteiger charge is -2.17. The highest BCUT2D eigenvalue weighted by atomic mass is 16.3. The summed E-state index contributed by atoms with van der Waals surface area (Å²) in [5.74, 6) is 1.61. The standard InChI is InChI=1S/C11H21N5O/c1-15(2)5-4-12-10-8-11(14-9-13-10)16(3)6-7-17/h8-9,17H,4-7H2,1-3H3,(H,12,13,14). The Balaban J connectivity index is 2.53. The van der Waals surface area contributed by atoms with Crippen molar-refractivity contribution in [2.24, 2.45) is 0 Å². The molecule has 1 aromatic heterocycles. The van der Waals surface area contributed by atoms with Crippen molar-refractivity contribution in [1.82, 2.24) is 14.9 Å². The van der Waals surface area contributed by atoms with Gasteiger partial charge in [0.2, 0.25) is 0 Å². The molecule has 0 saturated carbocycles. The molecule has 6 nitrogen and oxygen atoms in total. The van der Waals surface area contributed by atoms with E-state index in [0.29, 0.717) is 6.54 Å². The van der Waals surface area contributed by atoms with Crippen molar-refractivity contribution >= 4 is 11.6 Å². The third-order valence-electron chi connectivity index (χ3n) is 2.34. The minimum atomic E-state index is 0.115. The van der Waals surface area contributed by atoms with E-state index in [1.165, 1.54) is 6.33 Å². The third-order valence-corrected chi connectivity index (χ3v) is 2.34. The summed E-state index contributed by atoms with van der Waals surface area (Å²) in [5, 5.41) is 12.1. The molecular weight excluding hydrogens is 218 g/mol. The molecule has 1 aromatic rings. The van der Waals surface area contributed by atoms with Crippen LogP contribution >= 0.6 is 0 Å². The molecule has 0 aromatic carbocycles. The summed E-state index contributed by atoms with van der Waals surface area (Å²) in [5.41, 5.74) is 0. The average molecular weight is 239 g/mol. The SMILES string of the molecule is CN(C)CCNc1cc(N(C)CCO)ncn1. The zero-order valence-electron chi connectivity index (χ0n) is 10.7. The monoisotopic (exact) mass is 239 g/mol. The minimum absolute atomic E-state index is 0.115. The Bertz CT molecular complexity index is 331. The molecule has 0 atom stereocenters. The van der Waals surface area contributed by atoms with Gasteiger partial charge < -0.3 is 20.2 Å².